The van der Waals surface area contributed by atoms with E-state index >= 15 is 0 Å². The molecule has 0 aliphatic heterocycles. The Morgan fingerprint density at radius 3 is 2.50 bits per heavy atom. The number of hydrogen-bond donors (Lipinski definition) is 1. The van der Waals surface area contributed by atoms with Gasteiger partial charge in [-0.2, -0.15) is 0 Å². The van der Waals surface area contributed by atoms with Crippen LogP contribution >= 0.6 is 15.9 Å². The van der Waals surface area contributed by atoms with Gasteiger partial charge in [0.25, 0.3) is 11.5 Å². The molecule has 2 aromatic heterocycles. The van der Waals surface area contributed by atoms with E-state index in [-0.39, 0.29) is 11.1 Å². The van der Waals surface area contributed by atoms with Gasteiger partial charge in [0.15, 0.2) is 0 Å². The third kappa shape index (κ3) is 3.73. The summed E-state index contributed by atoms with van der Waals surface area (Å²) in [5.41, 5.74) is 1.84. The Morgan fingerprint density at radius 1 is 1.00 bits per heavy atom. The van der Waals surface area contributed by atoms with E-state index < -0.39 is 5.91 Å². The summed E-state index contributed by atoms with van der Waals surface area (Å²) in [4.78, 5) is 30.3. The second-order valence-corrected chi connectivity index (χ2v) is 7.23. The summed E-state index contributed by atoms with van der Waals surface area (Å²) in [6, 6.07) is 22.1. The second kappa shape index (κ2) is 7.78. The lowest BCUT2D eigenvalue weighted by molar-refractivity contribution is 0.102. The summed E-state index contributed by atoms with van der Waals surface area (Å²) < 4.78 is 2.45. The molecule has 0 aliphatic rings. The van der Waals surface area contributed by atoms with Gasteiger partial charge in [-0.1, -0.05) is 46.3 Å². The number of nitrogens with one attached hydrogen (secondary N) is 1. The van der Waals surface area contributed by atoms with Crippen LogP contribution in [-0.2, 0) is 6.54 Å². The van der Waals surface area contributed by atoms with Crippen molar-refractivity contribution in [3.8, 4) is 0 Å². The first kappa shape index (κ1) is 18.1. The van der Waals surface area contributed by atoms with Crippen LogP contribution < -0.4 is 10.9 Å². The molecule has 0 saturated carbocycles. The van der Waals surface area contributed by atoms with Gasteiger partial charge in [0.2, 0.25) is 0 Å². The number of aromatic nitrogens is 2. The van der Waals surface area contributed by atoms with Crippen molar-refractivity contribution in [1.82, 2.24) is 9.55 Å². The molecule has 4 aromatic rings. The zero-order valence-electron chi connectivity index (χ0n) is 14.8. The lowest BCUT2D eigenvalue weighted by Gasteiger charge is -2.12. The molecule has 5 nitrogen and oxygen atoms in total. The Labute approximate surface area is 169 Å². The topological polar surface area (TPSA) is 64.0 Å². The Kier molecular flexibility index (Phi) is 5.04. The van der Waals surface area contributed by atoms with Crippen molar-refractivity contribution in [3.63, 3.8) is 0 Å². The molecule has 0 radical (unpaired) electrons. The molecular formula is C22H16BrN3O2. The van der Waals surface area contributed by atoms with Gasteiger partial charge in [0, 0.05) is 21.7 Å². The third-order valence-corrected chi connectivity index (χ3v) is 4.91. The highest BCUT2D eigenvalue weighted by Crippen LogP contribution is 2.16. The average molecular weight is 434 g/mol. The van der Waals surface area contributed by atoms with Gasteiger partial charge < -0.3 is 5.32 Å². The summed E-state index contributed by atoms with van der Waals surface area (Å²) in [6.45, 7) is 0.340. The number of halogens is 1. The van der Waals surface area contributed by atoms with Gasteiger partial charge in [0.05, 0.1) is 6.54 Å². The highest BCUT2D eigenvalue weighted by molar-refractivity contribution is 9.10. The third-order valence-electron chi connectivity index (χ3n) is 4.38. The minimum Gasteiger partial charge on any atom is -0.322 e. The van der Waals surface area contributed by atoms with Gasteiger partial charge in [-0.25, -0.2) is 4.98 Å². The number of benzene rings is 2. The number of rotatable bonds is 4. The molecule has 1 N–H and O–H groups in total. The molecule has 0 bridgehead atoms. The molecule has 0 aliphatic carbocycles. The van der Waals surface area contributed by atoms with Crippen LogP contribution in [0.1, 0.15) is 15.9 Å². The average Bonchev–Trinajstić information content (AvgIpc) is 2.72. The summed E-state index contributed by atoms with van der Waals surface area (Å²) in [6.07, 6.45) is 1.64. The Bertz CT molecular complexity index is 1200. The second-order valence-electron chi connectivity index (χ2n) is 6.31. The number of amides is 1. The van der Waals surface area contributed by atoms with E-state index in [0.29, 0.717) is 17.9 Å². The minimum atomic E-state index is -0.445. The summed E-state index contributed by atoms with van der Waals surface area (Å²) in [5.74, 6) is -0.445. The predicted molar refractivity (Wildman–Crippen MR) is 114 cm³/mol. The van der Waals surface area contributed by atoms with Crippen molar-refractivity contribution in [1.29, 1.82) is 0 Å². The number of hydrogen-bond acceptors (Lipinski definition) is 3. The van der Waals surface area contributed by atoms with Gasteiger partial charge in [-0.15, -0.1) is 0 Å². The maximum absolute atomic E-state index is 13.1. The number of nitrogens with zero attached hydrogens (tertiary/aromatic N) is 2. The van der Waals surface area contributed by atoms with E-state index in [1.807, 2.05) is 48.5 Å². The van der Waals surface area contributed by atoms with Crippen molar-refractivity contribution < 1.29 is 4.79 Å². The van der Waals surface area contributed by atoms with Crippen molar-refractivity contribution in [2.75, 3.05) is 5.32 Å². The molecule has 0 fully saturated rings. The van der Waals surface area contributed by atoms with Crippen LogP contribution in [0.2, 0.25) is 0 Å². The molecule has 1 amide bonds. The van der Waals surface area contributed by atoms with E-state index in [0.717, 1.165) is 15.4 Å². The lowest BCUT2D eigenvalue weighted by atomic mass is 10.1. The molecule has 0 spiro atoms. The SMILES string of the molecule is O=C(Nc1ccc(Br)cc1)c1cc2cccnc2n(Cc2ccccc2)c1=O. The normalized spacial score (nSPS) is 10.8. The Morgan fingerprint density at radius 2 is 1.75 bits per heavy atom. The summed E-state index contributed by atoms with van der Waals surface area (Å²) in [7, 11) is 0. The number of carbonyl (C=O) groups is 1. The Balaban J connectivity index is 1.78. The van der Waals surface area contributed by atoms with Gasteiger partial charge in [0.1, 0.15) is 11.2 Å². The molecule has 28 heavy (non-hydrogen) atoms. The number of anilines is 1. The first-order chi connectivity index (χ1) is 13.6. The summed E-state index contributed by atoms with van der Waals surface area (Å²) >= 11 is 3.36. The molecular weight excluding hydrogens is 418 g/mol. The molecule has 4 rings (SSSR count). The van der Waals surface area contributed by atoms with Crippen LogP contribution in [-0.4, -0.2) is 15.5 Å². The number of carbonyl (C=O) groups excluding carboxylic acids is 1. The number of fused-ring (bicyclic) bond motifs is 1. The quantitative estimate of drug-likeness (QED) is 0.516. The van der Waals surface area contributed by atoms with Crippen LogP contribution in [0, 0.1) is 0 Å². The van der Waals surface area contributed by atoms with Gasteiger partial charge >= 0.3 is 0 Å². The largest absolute Gasteiger partial charge is 0.322 e. The van der Waals surface area contributed by atoms with Crippen molar-refractivity contribution in [2.24, 2.45) is 0 Å². The van der Waals surface area contributed by atoms with Crippen molar-refractivity contribution >= 4 is 38.6 Å². The van der Waals surface area contributed by atoms with Crippen LogP contribution in [0.3, 0.4) is 0 Å². The summed E-state index contributed by atoms with van der Waals surface area (Å²) in [5, 5.41) is 3.52. The lowest BCUT2D eigenvalue weighted by Crippen LogP contribution is -2.30. The smallest absolute Gasteiger partial charge is 0.265 e. The monoisotopic (exact) mass is 433 g/mol. The maximum Gasteiger partial charge on any atom is 0.265 e. The van der Waals surface area contributed by atoms with Crippen LogP contribution in [0.25, 0.3) is 11.0 Å². The molecule has 0 saturated heterocycles. The van der Waals surface area contributed by atoms with Crippen LogP contribution in [0.4, 0.5) is 5.69 Å². The zero-order valence-corrected chi connectivity index (χ0v) is 16.4. The van der Waals surface area contributed by atoms with Gasteiger partial charge in [-0.05, 0) is 48.0 Å². The van der Waals surface area contributed by atoms with E-state index in [2.05, 4.69) is 26.2 Å². The van der Waals surface area contributed by atoms with E-state index in [4.69, 9.17) is 0 Å². The maximum atomic E-state index is 13.1. The van der Waals surface area contributed by atoms with E-state index in [1.54, 1.807) is 35.0 Å². The highest BCUT2D eigenvalue weighted by atomic mass is 79.9. The van der Waals surface area contributed by atoms with Crippen molar-refractivity contribution in [2.45, 2.75) is 6.54 Å². The fraction of sp³-hybridized carbons (Fsp3) is 0.0455. The fourth-order valence-electron chi connectivity index (χ4n) is 3.01. The minimum absolute atomic E-state index is 0.0827. The standard InChI is InChI=1S/C22H16BrN3O2/c23-17-8-10-18(11-9-17)25-21(27)19-13-16-7-4-12-24-20(16)26(22(19)28)14-15-5-2-1-3-6-15/h1-13H,14H2,(H,25,27). The van der Waals surface area contributed by atoms with Crippen LogP contribution in [0.15, 0.2) is 88.3 Å². The molecule has 2 heterocycles. The fourth-order valence-corrected chi connectivity index (χ4v) is 3.28. The Hall–Kier alpha value is -3.25. The predicted octanol–water partition coefficient (Wildman–Crippen LogP) is 4.46. The van der Waals surface area contributed by atoms with Crippen molar-refractivity contribution in [3.05, 3.63) is 105 Å². The zero-order chi connectivity index (χ0) is 19.5. The van der Waals surface area contributed by atoms with E-state index in [1.165, 1.54) is 0 Å². The van der Waals surface area contributed by atoms with Crippen LogP contribution in [0.5, 0.6) is 0 Å². The first-order valence-electron chi connectivity index (χ1n) is 8.71. The molecule has 0 atom stereocenters. The molecule has 138 valence electrons. The number of pyridine rings is 2. The van der Waals surface area contributed by atoms with E-state index in [9.17, 15) is 9.59 Å². The molecule has 0 unspecified atom stereocenters. The van der Waals surface area contributed by atoms with Gasteiger partial charge in [-0.3, -0.25) is 14.2 Å². The molecule has 2 aromatic carbocycles. The highest BCUT2D eigenvalue weighted by Gasteiger charge is 2.17. The molecule has 6 heteroatoms. The first-order valence-corrected chi connectivity index (χ1v) is 9.50.